The number of piperidine rings is 1. The number of aliphatic hydroxyl groups excluding tert-OH is 1. The van der Waals surface area contributed by atoms with Gasteiger partial charge in [0.25, 0.3) is 0 Å². The van der Waals surface area contributed by atoms with Gasteiger partial charge in [0, 0.05) is 43.7 Å². The van der Waals surface area contributed by atoms with Crippen LogP contribution in [0.4, 0.5) is 4.79 Å². The summed E-state index contributed by atoms with van der Waals surface area (Å²) in [5, 5.41) is 12.7. The van der Waals surface area contributed by atoms with E-state index < -0.39 is 6.10 Å². The molecule has 8 fully saturated rings. The molecule has 56 heavy (non-hydrogen) atoms. The zero-order valence-corrected chi connectivity index (χ0v) is 37.1. The van der Waals surface area contributed by atoms with Gasteiger partial charge >= 0.3 is 6.09 Å². The fourth-order valence-corrected chi connectivity index (χ4v) is 14.8. The summed E-state index contributed by atoms with van der Waals surface area (Å²) in [6.45, 7) is 30.4. The molecule has 1 amide bonds. The van der Waals surface area contributed by atoms with Crippen molar-refractivity contribution in [2.24, 2.45) is 57.2 Å². The van der Waals surface area contributed by atoms with Crippen molar-refractivity contribution in [2.75, 3.05) is 45.9 Å². The van der Waals surface area contributed by atoms with E-state index in [2.05, 4.69) is 79.0 Å². The van der Waals surface area contributed by atoms with Crippen molar-refractivity contribution in [1.29, 1.82) is 0 Å². The highest BCUT2D eigenvalue weighted by atomic mass is 16.7. The van der Waals surface area contributed by atoms with E-state index in [1.807, 2.05) is 0 Å². The number of hydrogen-bond acceptors (Lipinski definition) is 8. The number of carbonyl (C=O) groups excluding carboxylic acids is 1. The van der Waals surface area contributed by atoms with Crippen molar-refractivity contribution in [1.82, 2.24) is 14.7 Å². The van der Waals surface area contributed by atoms with Crippen molar-refractivity contribution in [3.05, 3.63) is 0 Å². The first-order valence-electron chi connectivity index (χ1n) is 23.6. The number of fused-ring (bicyclic) bond motifs is 3. The van der Waals surface area contributed by atoms with Crippen LogP contribution in [0.25, 0.3) is 0 Å². The van der Waals surface area contributed by atoms with Crippen LogP contribution in [0.2, 0.25) is 0 Å². The number of rotatable bonds is 7. The Hall–Kier alpha value is -0.970. The monoisotopic (exact) mass is 784 g/mol. The molecular weight excluding hydrogens is 703 g/mol. The highest BCUT2D eigenvalue weighted by molar-refractivity contribution is 5.68. The SMILES string of the molecule is CC(C)[C@@H](OC(=O)N1CCC1)C1C[C@@H](C)[C@H]2C(O1)[C@H](O)[C@@]1(C)C(C)CC[C@H]3C(C)(C)[C@@H](O[C@H]4CN(C5CCN(C(C)C)CC5)CCO4)CC[C@@]34C[C@@H]4CC[C@]21C. The van der Waals surface area contributed by atoms with Crippen LogP contribution in [0.3, 0.4) is 0 Å². The third kappa shape index (κ3) is 6.92. The summed E-state index contributed by atoms with van der Waals surface area (Å²) in [7, 11) is 0. The van der Waals surface area contributed by atoms with Gasteiger partial charge in [-0.2, -0.15) is 0 Å². The fourth-order valence-electron chi connectivity index (χ4n) is 14.8. The van der Waals surface area contributed by atoms with Crippen LogP contribution in [0.15, 0.2) is 0 Å². The first-order chi connectivity index (χ1) is 26.5. The predicted octanol–water partition coefficient (Wildman–Crippen LogP) is 8.22. The van der Waals surface area contributed by atoms with Gasteiger partial charge in [0.05, 0.1) is 31.0 Å². The lowest BCUT2D eigenvalue weighted by molar-refractivity contribution is -0.243. The van der Waals surface area contributed by atoms with E-state index in [4.69, 9.17) is 18.9 Å². The first kappa shape index (κ1) is 41.8. The lowest BCUT2D eigenvalue weighted by Crippen LogP contribution is -2.55. The molecule has 4 saturated carbocycles. The van der Waals surface area contributed by atoms with Crippen LogP contribution < -0.4 is 0 Å². The summed E-state index contributed by atoms with van der Waals surface area (Å²) >= 11 is 0. The van der Waals surface area contributed by atoms with Crippen LogP contribution in [-0.4, -0.2) is 121 Å². The van der Waals surface area contributed by atoms with Crippen LogP contribution in [0.1, 0.15) is 140 Å². The molecule has 14 atom stereocenters. The Morgan fingerprint density at radius 1 is 0.893 bits per heavy atom. The quantitative estimate of drug-likeness (QED) is 0.277. The zero-order valence-electron chi connectivity index (χ0n) is 37.1. The molecule has 1 spiro atoms. The summed E-state index contributed by atoms with van der Waals surface area (Å²) in [5.41, 5.74) is 0.154. The average molecular weight is 784 g/mol. The van der Waals surface area contributed by atoms with Crippen molar-refractivity contribution in [3.8, 4) is 0 Å². The lowest BCUT2D eigenvalue weighted by Gasteiger charge is -2.55. The molecule has 320 valence electrons. The van der Waals surface area contributed by atoms with Crippen LogP contribution >= 0.6 is 0 Å². The van der Waals surface area contributed by atoms with Gasteiger partial charge in [-0.1, -0.05) is 55.4 Å². The molecule has 9 heteroatoms. The van der Waals surface area contributed by atoms with E-state index >= 15 is 0 Å². The number of carbonyl (C=O) groups is 1. The van der Waals surface area contributed by atoms with Gasteiger partial charge in [0.1, 0.15) is 6.10 Å². The van der Waals surface area contributed by atoms with Crippen LogP contribution in [-0.2, 0) is 18.9 Å². The topological polar surface area (TPSA) is 83.9 Å². The Bertz CT molecular complexity index is 1400. The number of ether oxygens (including phenoxy) is 4. The van der Waals surface area contributed by atoms with Gasteiger partial charge in [0.15, 0.2) is 6.29 Å². The molecule has 1 N–H and O–H groups in total. The number of morpholine rings is 1. The molecule has 8 rings (SSSR count). The smallest absolute Gasteiger partial charge is 0.410 e. The largest absolute Gasteiger partial charge is 0.443 e. The van der Waals surface area contributed by atoms with Crippen molar-refractivity contribution >= 4 is 6.09 Å². The van der Waals surface area contributed by atoms with Gasteiger partial charge in [-0.05, 0) is 149 Å². The maximum absolute atomic E-state index is 13.0. The summed E-state index contributed by atoms with van der Waals surface area (Å²) in [5.74, 6) is 2.48. The highest BCUT2D eigenvalue weighted by Crippen LogP contribution is 2.74. The van der Waals surface area contributed by atoms with Gasteiger partial charge in [0.2, 0.25) is 0 Å². The van der Waals surface area contributed by atoms with E-state index in [0.717, 1.165) is 70.8 Å². The second-order valence-electron chi connectivity index (χ2n) is 22.3. The summed E-state index contributed by atoms with van der Waals surface area (Å²) in [6, 6.07) is 1.27. The molecule has 3 unspecified atom stereocenters. The van der Waals surface area contributed by atoms with Crippen molar-refractivity contribution < 1.29 is 28.8 Å². The van der Waals surface area contributed by atoms with E-state index in [1.165, 1.54) is 51.6 Å². The van der Waals surface area contributed by atoms with Gasteiger partial charge in [-0.3, -0.25) is 4.90 Å². The van der Waals surface area contributed by atoms with Crippen molar-refractivity contribution in [2.45, 2.75) is 189 Å². The number of amides is 1. The minimum atomic E-state index is -0.556. The average Bonchev–Trinajstić information content (AvgIpc) is 3.80. The van der Waals surface area contributed by atoms with Crippen LogP contribution in [0.5, 0.6) is 0 Å². The van der Waals surface area contributed by atoms with E-state index in [1.54, 1.807) is 4.90 Å². The third-order valence-electron chi connectivity index (χ3n) is 18.8. The molecule has 0 aromatic rings. The molecule has 0 aromatic heterocycles. The molecule has 0 radical (unpaired) electrons. The van der Waals surface area contributed by atoms with E-state index in [9.17, 15) is 9.90 Å². The highest BCUT2D eigenvalue weighted by Gasteiger charge is 2.71. The Labute approximate surface area is 340 Å². The molecule has 4 saturated heterocycles. The molecule has 0 aromatic carbocycles. The van der Waals surface area contributed by atoms with E-state index in [-0.39, 0.29) is 64.9 Å². The van der Waals surface area contributed by atoms with Gasteiger partial charge in [-0.15, -0.1) is 0 Å². The summed E-state index contributed by atoms with van der Waals surface area (Å²) in [4.78, 5) is 20.1. The first-order valence-corrected chi connectivity index (χ1v) is 23.6. The van der Waals surface area contributed by atoms with E-state index in [0.29, 0.717) is 35.3 Å². The number of likely N-dealkylation sites (tertiary alicyclic amines) is 2. The molecule has 8 aliphatic rings. The van der Waals surface area contributed by atoms with Gasteiger partial charge < -0.3 is 33.9 Å². The number of hydrogen-bond donors (Lipinski definition) is 1. The second-order valence-corrected chi connectivity index (χ2v) is 22.3. The van der Waals surface area contributed by atoms with Gasteiger partial charge in [-0.25, -0.2) is 4.79 Å². The van der Waals surface area contributed by atoms with Crippen LogP contribution in [0, 0.1) is 57.2 Å². The number of nitrogens with zero attached hydrogens (tertiary/aromatic N) is 3. The standard InChI is InChI=1S/C47H81N3O6/c1-29(2)40(56-43(52)49-20-11-21-49)35-26-31(5)39-41(54-35)42(51)46(10)32(6)12-13-36-44(7,8)37(15-19-47(36)27-33(47)14-18-45(39,46)9)55-38-28-50(24-25-53-38)34-16-22-48(23-17-34)30(3)4/h29-42,51H,11-28H2,1-10H3/t31-,32?,33+,35?,36+,37+,38+,39+,40-,41?,42+,45-,46-,47+/m1/s1. The maximum Gasteiger partial charge on any atom is 0.410 e. The minimum absolute atomic E-state index is 0.0371. The molecule has 4 heterocycles. The lowest BCUT2D eigenvalue weighted by atomic mass is 9.51. The molecule has 4 aliphatic heterocycles. The predicted molar refractivity (Wildman–Crippen MR) is 220 cm³/mol. The fraction of sp³-hybridized carbons (Fsp3) is 0.979. The Morgan fingerprint density at radius 2 is 1.62 bits per heavy atom. The Morgan fingerprint density at radius 3 is 2.29 bits per heavy atom. The maximum atomic E-state index is 13.0. The molecule has 9 nitrogen and oxygen atoms in total. The van der Waals surface area contributed by atoms with Crippen molar-refractivity contribution in [3.63, 3.8) is 0 Å². The molecule has 4 aliphatic carbocycles. The second kappa shape index (κ2) is 15.5. The summed E-state index contributed by atoms with van der Waals surface area (Å²) in [6.07, 6.45) is 11.4. The number of aliphatic hydroxyl groups is 1. The molecular formula is C47H81N3O6. The Kier molecular flexibility index (Phi) is 11.6. The normalized spacial score (nSPS) is 46.6. The minimum Gasteiger partial charge on any atom is -0.443 e. The zero-order chi connectivity index (χ0) is 39.9. The summed E-state index contributed by atoms with van der Waals surface area (Å²) < 4.78 is 26.8. The third-order valence-corrected chi connectivity index (χ3v) is 18.8. The Balaban J connectivity index is 0.964. The molecule has 0 bridgehead atoms.